The molecule has 1 amide bonds. The lowest BCUT2D eigenvalue weighted by molar-refractivity contribution is -0.131. The minimum Gasteiger partial charge on any atom is -0.494 e. The molecule has 2 unspecified atom stereocenters. The van der Waals surface area contributed by atoms with Gasteiger partial charge in [0.1, 0.15) is 5.75 Å². The van der Waals surface area contributed by atoms with Gasteiger partial charge in [-0.3, -0.25) is 4.79 Å². The van der Waals surface area contributed by atoms with Gasteiger partial charge in [-0.25, -0.2) is 0 Å². The molecule has 0 radical (unpaired) electrons. The largest absolute Gasteiger partial charge is 0.494 e. The summed E-state index contributed by atoms with van der Waals surface area (Å²) in [5.41, 5.74) is 3.20. The molecule has 0 bridgehead atoms. The van der Waals surface area contributed by atoms with E-state index in [-0.39, 0.29) is 5.91 Å². The first-order chi connectivity index (χ1) is 13.6. The monoisotopic (exact) mass is 376 g/mol. The second kappa shape index (κ2) is 9.41. The molecule has 1 aliphatic heterocycles. The minimum atomic E-state index is 0.244. The van der Waals surface area contributed by atoms with Gasteiger partial charge in [-0.05, 0) is 56.9 Å². The third-order valence-electron chi connectivity index (χ3n) is 5.46. The number of nitrogens with zero attached hydrogens (tertiary/aromatic N) is 2. The lowest BCUT2D eigenvalue weighted by Gasteiger charge is -2.21. The Morgan fingerprint density at radius 3 is 2.75 bits per heavy atom. The van der Waals surface area contributed by atoms with Gasteiger partial charge in [-0.1, -0.05) is 35.9 Å². The van der Waals surface area contributed by atoms with Crippen molar-refractivity contribution in [3.8, 4) is 11.8 Å². The van der Waals surface area contributed by atoms with Crippen molar-refractivity contribution in [3.63, 3.8) is 0 Å². The van der Waals surface area contributed by atoms with Crippen molar-refractivity contribution in [3.05, 3.63) is 65.2 Å². The molecule has 28 heavy (non-hydrogen) atoms. The summed E-state index contributed by atoms with van der Waals surface area (Å²) in [6, 6.07) is 18.3. The SMILES string of the molecule is Cc1ccc(C2CC(C)N(C(=O)CCCCOc3cccc(C#N)c3)C2)cc1. The van der Waals surface area contributed by atoms with Gasteiger partial charge in [0.15, 0.2) is 0 Å². The molecule has 0 aromatic heterocycles. The molecular formula is C24H28N2O2. The Balaban J connectivity index is 1.41. The number of carbonyl (C=O) groups excluding carboxylic acids is 1. The number of aryl methyl sites for hydroxylation is 1. The fourth-order valence-corrected chi connectivity index (χ4v) is 3.83. The van der Waals surface area contributed by atoms with E-state index in [4.69, 9.17) is 10.00 Å². The van der Waals surface area contributed by atoms with Gasteiger partial charge in [0, 0.05) is 24.9 Å². The molecule has 4 nitrogen and oxygen atoms in total. The maximum atomic E-state index is 12.7. The average molecular weight is 377 g/mol. The van der Waals surface area contributed by atoms with E-state index in [9.17, 15) is 4.79 Å². The van der Waals surface area contributed by atoms with E-state index in [0.29, 0.717) is 36.3 Å². The molecule has 0 spiro atoms. The first kappa shape index (κ1) is 19.9. The van der Waals surface area contributed by atoms with Crippen molar-refractivity contribution >= 4 is 5.91 Å². The van der Waals surface area contributed by atoms with Crippen LogP contribution in [0, 0.1) is 18.3 Å². The lowest BCUT2D eigenvalue weighted by atomic mass is 9.96. The summed E-state index contributed by atoms with van der Waals surface area (Å²) in [4.78, 5) is 14.7. The van der Waals surface area contributed by atoms with Crippen molar-refractivity contribution in [2.45, 2.75) is 51.5 Å². The Kier molecular flexibility index (Phi) is 6.71. The van der Waals surface area contributed by atoms with Crippen LogP contribution in [0.5, 0.6) is 5.75 Å². The summed E-state index contributed by atoms with van der Waals surface area (Å²) < 4.78 is 5.69. The second-order valence-electron chi connectivity index (χ2n) is 7.68. The number of amides is 1. The summed E-state index contributed by atoms with van der Waals surface area (Å²) >= 11 is 0. The molecule has 146 valence electrons. The zero-order chi connectivity index (χ0) is 19.9. The molecule has 4 heteroatoms. The number of hydrogen-bond donors (Lipinski definition) is 0. The van der Waals surface area contributed by atoms with Crippen LogP contribution in [0.2, 0.25) is 0 Å². The van der Waals surface area contributed by atoms with Crippen LogP contribution in [0.3, 0.4) is 0 Å². The highest BCUT2D eigenvalue weighted by molar-refractivity contribution is 5.77. The molecule has 0 N–H and O–H groups in total. The second-order valence-corrected chi connectivity index (χ2v) is 7.68. The van der Waals surface area contributed by atoms with Crippen molar-refractivity contribution in [1.29, 1.82) is 5.26 Å². The van der Waals surface area contributed by atoms with Gasteiger partial charge in [0.2, 0.25) is 5.91 Å². The predicted molar refractivity (Wildman–Crippen MR) is 110 cm³/mol. The van der Waals surface area contributed by atoms with E-state index in [0.717, 1.165) is 25.8 Å². The number of benzene rings is 2. The van der Waals surface area contributed by atoms with Gasteiger partial charge >= 0.3 is 0 Å². The minimum absolute atomic E-state index is 0.244. The molecule has 1 aliphatic rings. The number of rotatable bonds is 7. The first-order valence-electron chi connectivity index (χ1n) is 10.1. The number of likely N-dealkylation sites (tertiary alicyclic amines) is 1. The molecule has 2 aromatic rings. The number of unbranched alkanes of at least 4 members (excludes halogenated alkanes) is 1. The Morgan fingerprint density at radius 2 is 2.00 bits per heavy atom. The summed E-state index contributed by atoms with van der Waals surface area (Å²) in [5, 5.41) is 8.91. The summed E-state index contributed by atoms with van der Waals surface area (Å²) in [7, 11) is 0. The van der Waals surface area contributed by atoms with Crippen LogP contribution in [0.15, 0.2) is 48.5 Å². The van der Waals surface area contributed by atoms with E-state index in [1.807, 2.05) is 17.0 Å². The summed E-state index contributed by atoms with van der Waals surface area (Å²) in [5.74, 6) is 1.39. The van der Waals surface area contributed by atoms with Crippen molar-refractivity contribution < 1.29 is 9.53 Å². The Morgan fingerprint density at radius 1 is 1.21 bits per heavy atom. The lowest BCUT2D eigenvalue weighted by Crippen LogP contribution is -2.33. The van der Waals surface area contributed by atoms with Gasteiger partial charge < -0.3 is 9.64 Å². The van der Waals surface area contributed by atoms with Crippen LogP contribution >= 0.6 is 0 Å². The van der Waals surface area contributed by atoms with E-state index < -0.39 is 0 Å². The Hall–Kier alpha value is -2.80. The Bertz CT molecular complexity index is 838. The first-order valence-corrected chi connectivity index (χ1v) is 10.1. The fourth-order valence-electron chi connectivity index (χ4n) is 3.83. The predicted octanol–water partition coefficient (Wildman–Crippen LogP) is 4.82. The highest BCUT2D eigenvalue weighted by atomic mass is 16.5. The van der Waals surface area contributed by atoms with Crippen LogP contribution < -0.4 is 4.74 Å². The molecule has 2 atom stereocenters. The van der Waals surface area contributed by atoms with E-state index in [1.54, 1.807) is 12.1 Å². The quantitative estimate of drug-likeness (QED) is 0.651. The number of nitriles is 1. The smallest absolute Gasteiger partial charge is 0.222 e. The average Bonchev–Trinajstić information content (AvgIpc) is 3.10. The molecule has 1 saturated heterocycles. The molecule has 3 rings (SSSR count). The standard InChI is InChI=1S/C24H28N2O2/c1-18-9-11-21(12-10-18)22-14-19(2)26(17-22)24(27)8-3-4-13-28-23-7-5-6-20(15-23)16-25/h5-7,9-12,15,19,22H,3-4,8,13-14,17H2,1-2H3. The molecule has 2 aromatic carbocycles. The molecule has 0 saturated carbocycles. The summed E-state index contributed by atoms with van der Waals surface area (Å²) in [6.07, 6.45) is 3.24. The van der Waals surface area contributed by atoms with Gasteiger partial charge in [-0.15, -0.1) is 0 Å². The third-order valence-corrected chi connectivity index (χ3v) is 5.46. The van der Waals surface area contributed by atoms with E-state index in [1.165, 1.54) is 11.1 Å². The number of ether oxygens (including phenoxy) is 1. The third kappa shape index (κ3) is 5.13. The van der Waals surface area contributed by atoms with Crippen LogP contribution in [-0.2, 0) is 4.79 Å². The molecular weight excluding hydrogens is 348 g/mol. The maximum Gasteiger partial charge on any atom is 0.222 e. The Labute approximate surface area is 167 Å². The highest BCUT2D eigenvalue weighted by Crippen LogP contribution is 2.32. The number of hydrogen-bond acceptors (Lipinski definition) is 3. The van der Waals surface area contributed by atoms with Crippen molar-refractivity contribution in [1.82, 2.24) is 4.90 Å². The molecule has 1 heterocycles. The van der Waals surface area contributed by atoms with E-state index >= 15 is 0 Å². The molecule has 1 fully saturated rings. The highest BCUT2D eigenvalue weighted by Gasteiger charge is 2.32. The molecule has 0 aliphatic carbocycles. The van der Waals surface area contributed by atoms with Crippen molar-refractivity contribution in [2.24, 2.45) is 0 Å². The normalized spacial score (nSPS) is 18.7. The van der Waals surface area contributed by atoms with E-state index in [2.05, 4.69) is 44.2 Å². The maximum absolute atomic E-state index is 12.7. The van der Waals surface area contributed by atoms with Crippen LogP contribution in [0.4, 0.5) is 0 Å². The number of carbonyl (C=O) groups is 1. The van der Waals surface area contributed by atoms with Crippen LogP contribution in [0.1, 0.15) is 55.2 Å². The van der Waals surface area contributed by atoms with Crippen LogP contribution in [-0.4, -0.2) is 30.0 Å². The zero-order valence-corrected chi connectivity index (χ0v) is 16.7. The van der Waals surface area contributed by atoms with Gasteiger partial charge in [0.05, 0.1) is 18.2 Å². The fraction of sp³-hybridized carbons (Fsp3) is 0.417. The van der Waals surface area contributed by atoms with Crippen molar-refractivity contribution in [2.75, 3.05) is 13.2 Å². The van der Waals surface area contributed by atoms with Gasteiger partial charge in [0.25, 0.3) is 0 Å². The van der Waals surface area contributed by atoms with Crippen LogP contribution in [0.25, 0.3) is 0 Å². The topological polar surface area (TPSA) is 53.3 Å². The zero-order valence-electron chi connectivity index (χ0n) is 16.7. The summed E-state index contributed by atoms with van der Waals surface area (Å²) in [6.45, 7) is 5.63. The van der Waals surface area contributed by atoms with Gasteiger partial charge in [-0.2, -0.15) is 5.26 Å².